The first-order valence-electron chi connectivity index (χ1n) is 9.46. The molecule has 0 unspecified atom stereocenters. The number of amides is 1. The van der Waals surface area contributed by atoms with E-state index in [9.17, 15) is 9.59 Å². The number of esters is 1. The lowest BCUT2D eigenvalue weighted by Crippen LogP contribution is -2.31. The molecular weight excluding hydrogens is 398 g/mol. The van der Waals surface area contributed by atoms with Crippen molar-refractivity contribution in [3.8, 4) is 0 Å². The number of carbonyl (C=O) groups is 2. The minimum atomic E-state index is -0.526. The summed E-state index contributed by atoms with van der Waals surface area (Å²) in [6, 6.07) is 18.3. The van der Waals surface area contributed by atoms with Crippen LogP contribution in [0.2, 0.25) is 0 Å². The number of rotatable bonds is 7. The van der Waals surface area contributed by atoms with Gasteiger partial charge in [0.25, 0.3) is 5.91 Å². The van der Waals surface area contributed by atoms with Crippen molar-refractivity contribution in [1.29, 1.82) is 0 Å². The highest BCUT2D eigenvalue weighted by Gasteiger charge is 2.17. The number of aryl methyl sites for hydroxylation is 2. The van der Waals surface area contributed by atoms with Gasteiger partial charge in [-0.15, -0.1) is 0 Å². The molecule has 0 saturated heterocycles. The smallest absolute Gasteiger partial charge is 0.338 e. The summed E-state index contributed by atoms with van der Waals surface area (Å²) in [5.41, 5.74) is 3.78. The minimum Gasteiger partial charge on any atom is -0.452 e. The second-order valence-corrected chi connectivity index (χ2v) is 7.69. The van der Waals surface area contributed by atoms with E-state index in [0.29, 0.717) is 16.5 Å². The molecule has 0 aliphatic carbocycles. The molecule has 3 rings (SSSR count). The van der Waals surface area contributed by atoms with Crippen LogP contribution in [-0.2, 0) is 15.3 Å². The van der Waals surface area contributed by atoms with Crippen molar-refractivity contribution in [1.82, 2.24) is 9.97 Å². The van der Waals surface area contributed by atoms with Crippen molar-refractivity contribution in [3.05, 3.63) is 83.2 Å². The lowest BCUT2D eigenvalue weighted by Gasteiger charge is -2.17. The summed E-state index contributed by atoms with van der Waals surface area (Å²) < 4.78 is 5.29. The summed E-state index contributed by atoms with van der Waals surface area (Å²) in [7, 11) is 1.65. The molecule has 0 N–H and O–H groups in total. The fraction of sp³-hybridized carbons (Fsp3) is 0.217. The zero-order valence-corrected chi connectivity index (χ0v) is 18.0. The maximum absolute atomic E-state index is 12.6. The van der Waals surface area contributed by atoms with Crippen LogP contribution >= 0.6 is 11.8 Å². The van der Waals surface area contributed by atoms with Gasteiger partial charge in [0.05, 0.1) is 5.56 Å². The molecule has 154 valence electrons. The van der Waals surface area contributed by atoms with Crippen LogP contribution in [0.3, 0.4) is 0 Å². The van der Waals surface area contributed by atoms with Crippen LogP contribution in [0.25, 0.3) is 0 Å². The summed E-state index contributed by atoms with van der Waals surface area (Å²) in [6.45, 7) is 3.52. The Morgan fingerprint density at radius 2 is 1.60 bits per heavy atom. The number of anilines is 1. The molecule has 1 aromatic heterocycles. The number of likely N-dealkylation sites (N-methyl/N-ethyl adjacent to an activating group) is 1. The number of benzene rings is 2. The van der Waals surface area contributed by atoms with Crippen LogP contribution in [-0.4, -0.2) is 35.5 Å². The van der Waals surface area contributed by atoms with Crippen molar-refractivity contribution in [2.45, 2.75) is 24.8 Å². The van der Waals surface area contributed by atoms with Gasteiger partial charge >= 0.3 is 5.97 Å². The number of ether oxygens (including phenoxy) is 1. The molecule has 0 spiro atoms. The molecule has 2 aromatic carbocycles. The molecule has 0 atom stereocenters. The van der Waals surface area contributed by atoms with Crippen molar-refractivity contribution in [3.63, 3.8) is 0 Å². The van der Waals surface area contributed by atoms with E-state index in [0.717, 1.165) is 22.6 Å². The molecule has 1 amide bonds. The predicted octanol–water partition coefficient (Wildman–Crippen LogP) is 4.21. The Morgan fingerprint density at radius 1 is 0.967 bits per heavy atom. The Labute approximate surface area is 180 Å². The number of aromatic nitrogens is 2. The SMILES string of the molecule is Cc1cc(C)nc(SCc2ccccc2C(=O)OCC(=O)N(C)c2ccccc2)n1. The number of thioether (sulfide) groups is 1. The van der Waals surface area contributed by atoms with Gasteiger partial charge in [-0.25, -0.2) is 14.8 Å². The van der Waals surface area contributed by atoms with Crippen LogP contribution < -0.4 is 4.90 Å². The van der Waals surface area contributed by atoms with Gasteiger partial charge < -0.3 is 9.64 Å². The minimum absolute atomic E-state index is 0.301. The van der Waals surface area contributed by atoms with Gasteiger partial charge in [-0.2, -0.15) is 0 Å². The highest BCUT2D eigenvalue weighted by atomic mass is 32.2. The van der Waals surface area contributed by atoms with Crippen molar-refractivity contribution in [2.75, 3.05) is 18.6 Å². The summed E-state index contributed by atoms with van der Waals surface area (Å²) in [5, 5.41) is 0.662. The van der Waals surface area contributed by atoms with Gasteiger partial charge in [0.15, 0.2) is 11.8 Å². The van der Waals surface area contributed by atoms with E-state index in [1.165, 1.54) is 16.7 Å². The first-order chi connectivity index (χ1) is 14.4. The molecule has 6 nitrogen and oxygen atoms in total. The van der Waals surface area contributed by atoms with Crippen molar-refractivity contribution < 1.29 is 14.3 Å². The number of nitrogens with zero attached hydrogens (tertiary/aromatic N) is 3. The third kappa shape index (κ3) is 5.67. The van der Waals surface area contributed by atoms with Gasteiger partial charge in [-0.1, -0.05) is 48.2 Å². The fourth-order valence-corrected chi connectivity index (χ4v) is 3.80. The molecule has 1 heterocycles. The van der Waals surface area contributed by atoms with Crippen LogP contribution in [0.15, 0.2) is 65.8 Å². The van der Waals surface area contributed by atoms with Gasteiger partial charge in [0, 0.05) is 29.9 Å². The van der Waals surface area contributed by atoms with E-state index in [1.807, 2.05) is 62.4 Å². The lowest BCUT2D eigenvalue weighted by molar-refractivity contribution is -0.121. The normalized spacial score (nSPS) is 10.5. The standard InChI is InChI=1S/C23H23N3O3S/c1-16-13-17(2)25-23(24-16)30-15-18-9-7-8-12-20(18)22(28)29-14-21(27)26(3)19-10-5-4-6-11-19/h4-13H,14-15H2,1-3H3. The lowest BCUT2D eigenvalue weighted by atomic mass is 10.1. The maximum atomic E-state index is 12.6. The summed E-state index contributed by atoms with van der Waals surface area (Å²) >= 11 is 1.45. The highest BCUT2D eigenvalue weighted by Crippen LogP contribution is 2.23. The van der Waals surface area contributed by atoms with Crippen molar-refractivity contribution >= 4 is 29.3 Å². The largest absolute Gasteiger partial charge is 0.452 e. The number of hydrogen-bond acceptors (Lipinski definition) is 6. The van der Waals surface area contributed by atoms with E-state index >= 15 is 0 Å². The first kappa shape index (κ1) is 21.5. The average molecular weight is 422 g/mol. The number of para-hydroxylation sites is 1. The molecular formula is C23H23N3O3S. The Kier molecular flexibility index (Phi) is 7.19. The summed E-state index contributed by atoms with van der Waals surface area (Å²) in [4.78, 5) is 35.3. The topological polar surface area (TPSA) is 72.4 Å². The Morgan fingerprint density at radius 3 is 2.30 bits per heavy atom. The Bertz CT molecular complexity index is 1020. The van der Waals surface area contributed by atoms with Gasteiger partial charge in [-0.3, -0.25) is 4.79 Å². The zero-order valence-electron chi connectivity index (χ0n) is 17.2. The Balaban J connectivity index is 1.63. The van der Waals surface area contributed by atoms with Gasteiger partial charge in [0.1, 0.15) is 0 Å². The van der Waals surface area contributed by atoms with Gasteiger partial charge in [0.2, 0.25) is 0 Å². The molecule has 0 saturated carbocycles. The fourth-order valence-electron chi connectivity index (χ4n) is 2.84. The molecule has 7 heteroatoms. The molecule has 0 radical (unpaired) electrons. The predicted molar refractivity (Wildman–Crippen MR) is 118 cm³/mol. The summed E-state index contributed by atoms with van der Waals surface area (Å²) in [5.74, 6) is -0.307. The van der Waals surface area contributed by atoms with Crippen molar-refractivity contribution in [2.24, 2.45) is 0 Å². The maximum Gasteiger partial charge on any atom is 0.338 e. The molecule has 3 aromatic rings. The molecule has 30 heavy (non-hydrogen) atoms. The van der Waals surface area contributed by atoms with Crippen LogP contribution in [0.4, 0.5) is 5.69 Å². The monoisotopic (exact) mass is 421 g/mol. The zero-order chi connectivity index (χ0) is 21.5. The van der Waals surface area contributed by atoms with Crippen LogP contribution in [0.5, 0.6) is 0 Å². The third-order valence-electron chi connectivity index (χ3n) is 4.40. The molecule has 0 fully saturated rings. The molecule has 0 bridgehead atoms. The van der Waals surface area contributed by atoms with E-state index < -0.39 is 5.97 Å². The second-order valence-electron chi connectivity index (χ2n) is 6.74. The number of hydrogen-bond donors (Lipinski definition) is 0. The Hall–Kier alpha value is -3.19. The molecule has 0 aliphatic heterocycles. The second kappa shape index (κ2) is 10.0. The van der Waals surface area contributed by atoms with E-state index in [-0.39, 0.29) is 12.5 Å². The summed E-state index contributed by atoms with van der Waals surface area (Å²) in [6.07, 6.45) is 0. The van der Waals surface area contributed by atoms with Crippen LogP contribution in [0, 0.1) is 13.8 Å². The van der Waals surface area contributed by atoms with E-state index in [4.69, 9.17) is 4.74 Å². The van der Waals surface area contributed by atoms with Gasteiger partial charge in [-0.05, 0) is 43.7 Å². The third-order valence-corrected chi connectivity index (χ3v) is 5.30. The highest BCUT2D eigenvalue weighted by molar-refractivity contribution is 7.98. The van der Waals surface area contributed by atoms with Crippen LogP contribution in [0.1, 0.15) is 27.3 Å². The molecule has 0 aliphatic rings. The first-order valence-corrected chi connectivity index (χ1v) is 10.4. The van der Waals surface area contributed by atoms with E-state index in [1.54, 1.807) is 19.2 Å². The average Bonchev–Trinajstić information content (AvgIpc) is 2.75. The quantitative estimate of drug-likeness (QED) is 0.323. The van der Waals surface area contributed by atoms with E-state index in [2.05, 4.69) is 9.97 Å². The number of carbonyl (C=O) groups excluding carboxylic acids is 2.